The van der Waals surface area contributed by atoms with Crippen LogP contribution in [0.25, 0.3) is 16.5 Å². The van der Waals surface area contributed by atoms with Gasteiger partial charge in [0.15, 0.2) is 0 Å². The number of thiophene rings is 1. The van der Waals surface area contributed by atoms with Gasteiger partial charge >= 0.3 is 5.97 Å². The van der Waals surface area contributed by atoms with Crippen molar-refractivity contribution in [2.75, 3.05) is 0 Å². The van der Waals surface area contributed by atoms with Crippen molar-refractivity contribution in [1.29, 1.82) is 0 Å². The largest absolute Gasteiger partial charge is 0.478 e. The zero-order valence-corrected chi connectivity index (χ0v) is 11.1. The zero-order chi connectivity index (χ0) is 13.1. The number of rotatable bonds is 3. The molecule has 1 heterocycles. The summed E-state index contributed by atoms with van der Waals surface area (Å²) in [5, 5.41) is 8.87. The van der Waals surface area contributed by atoms with Crippen LogP contribution in [0.4, 0.5) is 0 Å². The second-order valence-corrected chi connectivity index (χ2v) is 5.24. The minimum atomic E-state index is -0.873. The molecule has 2 rings (SSSR count). The number of aliphatic carboxylic acids is 1. The first-order valence-corrected chi connectivity index (χ1v) is 6.47. The van der Waals surface area contributed by atoms with E-state index < -0.39 is 5.97 Å². The van der Waals surface area contributed by atoms with Crippen molar-refractivity contribution >= 4 is 23.4 Å². The lowest BCUT2D eigenvalue weighted by Crippen LogP contribution is -1.94. The second kappa shape index (κ2) is 5.19. The zero-order valence-electron chi connectivity index (χ0n) is 10.3. The van der Waals surface area contributed by atoms with Crippen molar-refractivity contribution in [3.05, 3.63) is 52.4 Å². The van der Waals surface area contributed by atoms with Crippen LogP contribution in [0.5, 0.6) is 0 Å². The van der Waals surface area contributed by atoms with Gasteiger partial charge in [-0.15, -0.1) is 11.3 Å². The molecule has 1 N–H and O–H groups in total. The molecule has 0 amide bonds. The van der Waals surface area contributed by atoms with E-state index in [9.17, 15) is 4.79 Å². The van der Waals surface area contributed by atoms with E-state index in [2.05, 4.69) is 12.1 Å². The van der Waals surface area contributed by atoms with Crippen LogP contribution < -0.4 is 0 Å². The van der Waals surface area contributed by atoms with Crippen LogP contribution in [0.3, 0.4) is 0 Å². The molecule has 0 aliphatic carbocycles. The molecule has 0 bridgehead atoms. The van der Waals surface area contributed by atoms with Crippen LogP contribution >= 0.6 is 11.3 Å². The Bertz CT molecular complexity index is 594. The Hall–Kier alpha value is -1.87. The molecule has 0 unspecified atom stereocenters. The molecule has 1 aromatic carbocycles. The monoisotopic (exact) mass is 258 g/mol. The summed E-state index contributed by atoms with van der Waals surface area (Å²) >= 11 is 1.62. The summed E-state index contributed by atoms with van der Waals surface area (Å²) in [6.45, 7) is 3.66. The summed E-state index contributed by atoms with van der Waals surface area (Å²) in [5.74, 6) is -0.873. The minimum absolute atomic E-state index is 0.357. The average molecular weight is 258 g/mol. The highest BCUT2D eigenvalue weighted by molar-refractivity contribution is 7.16. The van der Waals surface area contributed by atoms with Gasteiger partial charge in [0.25, 0.3) is 0 Å². The van der Waals surface area contributed by atoms with Crippen molar-refractivity contribution in [3.63, 3.8) is 0 Å². The first kappa shape index (κ1) is 12.6. The van der Waals surface area contributed by atoms with Gasteiger partial charge in [-0.2, -0.15) is 0 Å². The molecule has 0 atom stereocenters. The van der Waals surface area contributed by atoms with E-state index in [4.69, 9.17) is 5.11 Å². The quantitative estimate of drug-likeness (QED) is 0.837. The van der Waals surface area contributed by atoms with E-state index in [1.807, 2.05) is 31.2 Å². The van der Waals surface area contributed by atoms with Gasteiger partial charge in [-0.1, -0.05) is 30.3 Å². The molecule has 92 valence electrons. The van der Waals surface area contributed by atoms with Crippen molar-refractivity contribution < 1.29 is 9.90 Å². The molecule has 0 aliphatic heterocycles. The lowest BCUT2D eigenvalue weighted by atomic mass is 10.1. The summed E-state index contributed by atoms with van der Waals surface area (Å²) in [6.07, 6.45) is 1.71. The van der Waals surface area contributed by atoms with Gasteiger partial charge in [0, 0.05) is 15.3 Å². The van der Waals surface area contributed by atoms with E-state index in [-0.39, 0.29) is 0 Å². The van der Waals surface area contributed by atoms with Crippen molar-refractivity contribution in [2.24, 2.45) is 0 Å². The third-order valence-electron chi connectivity index (χ3n) is 2.67. The maximum atomic E-state index is 10.8. The Kier molecular flexibility index (Phi) is 3.63. The van der Waals surface area contributed by atoms with Crippen molar-refractivity contribution in [2.45, 2.75) is 13.8 Å². The molecule has 3 heteroatoms. The number of carbonyl (C=O) groups is 1. The number of hydrogen-bond donors (Lipinski definition) is 1. The summed E-state index contributed by atoms with van der Waals surface area (Å²) in [5.41, 5.74) is 2.71. The number of carboxylic acids is 1. The fraction of sp³-hybridized carbons (Fsp3) is 0.133. The molecule has 0 aliphatic rings. The number of hydrogen-bond acceptors (Lipinski definition) is 2. The molecule has 0 radical (unpaired) electrons. The van der Waals surface area contributed by atoms with Gasteiger partial charge in [-0.05, 0) is 37.1 Å². The third-order valence-corrected chi connectivity index (χ3v) is 3.90. The smallest absolute Gasteiger partial charge is 0.331 e. The highest BCUT2D eigenvalue weighted by Crippen LogP contribution is 2.33. The molecule has 0 fully saturated rings. The molecule has 2 nitrogen and oxygen atoms in total. The highest BCUT2D eigenvalue weighted by atomic mass is 32.1. The van der Waals surface area contributed by atoms with Crippen molar-refractivity contribution in [3.8, 4) is 10.4 Å². The number of benzene rings is 1. The molecule has 0 saturated heterocycles. The third kappa shape index (κ3) is 2.68. The summed E-state index contributed by atoms with van der Waals surface area (Å²) < 4.78 is 0. The van der Waals surface area contributed by atoms with Crippen molar-refractivity contribution in [1.82, 2.24) is 0 Å². The summed E-state index contributed by atoms with van der Waals surface area (Å²) in [6, 6.07) is 12.2. The Morgan fingerprint density at radius 3 is 2.56 bits per heavy atom. The SMILES string of the molecule is CC(=Cc1cc(C)c(-c2ccccc2)s1)C(=O)O. The highest BCUT2D eigenvalue weighted by Gasteiger charge is 2.07. The van der Waals surface area contributed by atoms with E-state index in [0.29, 0.717) is 5.57 Å². The van der Waals surface area contributed by atoms with E-state index in [1.165, 1.54) is 16.0 Å². The Balaban J connectivity index is 2.40. The van der Waals surface area contributed by atoms with Gasteiger partial charge in [0.1, 0.15) is 0 Å². The average Bonchev–Trinajstić information content (AvgIpc) is 2.71. The molecule has 2 aromatic rings. The summed E-state index contributed by atoms with van der Waals surface area (Å²) in [4.78, 5) is 13.0. The number of carboxylic acid groups (broad SMARTS) is 1. The lowest BCUT2D eigenvalue weighted by molar-refractivity contribution is -0.132. The first-order chi connectivity index (χ1) is 8.58. The fourth-order valence-corrected chi connectivity index (χ4v) is 2.91. The maximum absolute atomic E-state index is 10.8. The Morgan fingerprint density at radius 2 is 1.94 bits per heavy atom. The van der Waals surface area contributed by atoms with Gasteiger partial charge < -0.3 is 5.11 Å². The first-order valence-electron chi connectivity index (χ1n) is 5.65. The predicted octanol–water partition coefficient (Wildman–Crippen LogP) is 4.21. The topological polar surface area (TPSA) is 37.3 Å². The fourth-order valence-electron chi connectivity index (χ4n) is 1.73. The summed E-state index contributed by atoms with van der Waals surface area (Å²) in [7, 11) is 0. The van der Waals surface area contributed by atoms with Gasteiger partial charge in [-0.25, -0.2) is 4.79 Å². The minimum Gasteiger partial charge on any atom is -0.478 e. The predicted molar refractivity (Wildman–Crippen MR) is 75.8 cm³/mol. The van der Waals surface area contributed by atoms with Crippen LogP contribution in [0.2, 0.25) is 0 Å². The van der Waals surface area contributed by atoms with Crippen LogP contribution in [0.15, 0.2) is 42.0 Å². The second-order valence-electron chi connectivity index (χ2n) is 4.16. The van der Waals surface area contributed by atoms with E-state index >= 15 is 0 Å². The molecule has 18 heavy (non-hydrogen) atoms. The lowest BCUT2D eigenvalue weighted by Gasteiger charge is -1.97. The van der Waals surface area contributed by atoms with E-state index in [0.717, 1.165) is 4.88 Å². The van der Waals surface area contributed by atoms with Crippen LogP contribution in [0.1, 0.15) is 17.4 Å². The Labute approximate surface area is 110 Å². The van der Waals surface area contributed by atoms with Crippen LogP contribution in [-0.4, -0.2) is 11.1 Å². The molecular weight excluding hydrogens is 244 g/mol. The molecule has 1 aromatic heterocycles. The molecular formula is C15H14O2S. The van der Waals surface area contributed by atoms with Crippen LogP contribution in [0, 0.1) is 6.92 Å². The Morgan fingerprint density at radius 1 is 1.28 bits per heavy atom. The normalized spacial score (nSPS) is 11.6. The van der Waals surface area contributed by atoms with Gasteiger partial charge in [-0.3, -0.25) is 0 Å². The number of aryl methyl sites for hydroxylation is 1. The standard InChI is InChI=1S/C15H14O2S/c1-10-8-13(9-11(2)15(16)17)18-14(10)12-6-4-3-5-7-12/h3-9H,1-2H3,(H,16,17). The van der Waals surface area contributed by atoms with E-state index in [1.54, 1.807) is 24.3 Å². The molecule has 0 saturated carbocycles. The maximum Gasteiger partial charge on any atom is 0.331 e. The van der Waals surface area contributed by atoms with Gasteiger partial charge in [0.2, 0.25) is 0 Å². The van der Waals surface area contributed by atoms with Crippen LogP contribution in [-0.2, 0) is 4.79 Å². The molecule has 0 spiro atoms. The van der Waals surface area contributed by atoms with Gasteiger partial charge in [0.05, 0.1) is 0 Å².